The van der Waals surface area contributed by atoms with Gasteiger partial charge < -0.3 is 4.90 Å². The smallest absolute Gasteiger partial charge is 0.154 e. The van der Waals surface area contributed by atoms with E-state index in [1.54, 1.807) is 6.20 Å². The van der Waals surface area contributed by atoms with Crippen molar-refractivity contribution in [1.82, 2.24) is 15.4 Å². The molecule has 1 aromatic heterocycles. The molecule has 0 atom stereocenters. The lowest BCUT2D eigenvalue weighted by Crippen LogP contribution is -2.19. The van der Waals surface area contributed by atoms with Crippen LogP contribution in [0.25, 0.3) is 0 Å². The summed E-state index contributed by atoms with van der Waals surface area (Å²) < 4.78 is 0. The lowest BCUT2D eigenvalue weighted by molar-refractivity contribution is 0.742. The molecule has 0 aromatic carbocycles. The SMILES string of the molecule is CCCCN(C)c1ccnnn1. The van der Waals surface area contributed by atoms with E-state index in [1.165, 1.54) is 12.8 Å². The lowest BCUT2D eigenvalue weighted by atomic mass is 10.3. The molecule has 1 heterocycles. The lowest BCUT2D eigenvalue weighted by Gasteiger charge is -2.15. The molecular formula is C8H14N4. The number of anilines is 1. The van der Waals surface area contributed by atoms with Crippen molar-refractivity contribution in [2.24, 2.45) is 0 Å². The quantitative estimate of drug-likeness (QED) is 0.672. The van der Waals surface area contributed by atoms with Gasteiger partial charge in [-0.05, 0) is 11.6 Å². The van der Waals surface area contributed by atoms with E-state index >= 15 is 0 Å². The first-order valence-electron chi connectivity index (χ1n) is 4.20. The molecule has 12 heavy (non-hydrogen) atoms. The fraction of sp³-hybridized carbons (Fsp3) is 0.625. The topological polar surface area (TPSA) is 41.9 Å². The van der Waals surface area contributed by atoms with Gasteiger partial charge in [0.2, 0.25) is 0 Å². The third-order valence-electron chi connectivity index (χ3n) is 1.73. The molecule has 0 N–H and O–H groups in total. The van der Waals surface area contributed by atoms with Gasteiger partial charge in [0.05, 0.1) is 6.20 Å². The Morgan fingerprint density at radius 2 is 2.33 bits per heavy atom. The highest BCUT2D eigenvalue weighted by molar-refractivity contribution is 5.33. The van der Waals surface area contributed by atoms with E-state index in [9.17, 15) is 0 Å². The van der Waals surface area contributed by atoms with Gasteiger partial charge in [0, 0.05) is 19.7 Å². The molecule has 0 unspecified atom stereocenters. The van der Waals surface area contributed by atoms with Crippen molar-refractivity contribution in [1.29, 1.82) is 0 Å². The second-order valence-electron chi connectivity index (χ2n) is 2.75. The summed E-state index contributed by atoms with van der Waals surface area (Å²) in [6.07, 6.45) is 4.04. The van der Waals surface area contributed by atoms with Gasteiger partial charge >= 0.3 is 0 Å². The molecular weight excluding hydrogens is 152 g/mol. The van der Waals surface area contributed by atoms with Gasteiger partial charge in [-0.25, -0.2) is 0 Å². The van der Waals surface area contributed by atoms with Gasteiger partial charge in [-0.2, -0.15) is 0 Å². The summed E-state index contributed by atoms with van der Waals surface area (Å²) in [5.74, 6) is 0.887. The van der Waals surface area contributed by atoms with Gasteiger partial charge in [0.15, 0.2) is 5.82 Å². The van der Waals surface area contributed by atoms with Crippen LogP contribution in [0.3, 0.4) is 0 Å². The summed E-state index contributed by atoms with van der Waals surface area (Å²) in [6, 6.07) is 1.86. The molecule has 0 saturated carbocycles. The highest BCUT2D eigenvalue weighted by atomic mass is 15.3. The molecule has 0 amide bonds. The monoisotopic (exact) mass is 166 g/mol. The van der Waals surface area contributed by atoms with Crippen molar-refractivity contribution in [3.8, 4) is 0 Å². The largest absolute Gasteiger partial charge is 0.358 e. The van der Waals surface area contributed by atoms with E-state index in [0.717, 1.165) is 12.4 Å². The summed E-state index contributed by atoms with van der Waals surface area (Å²) in [6.45, 7) is 3.20. The Kier molecular flexibility index (Phi) is 3.44. The van der Waals surface area contributed by atoms with Crippen LogP contribution in [-0.4, -0.2) is 29.0 Å². The Hall–Kier alpha value is -1.19. The number of rotatable bonds is 4. The predicted molar refractivity (Wildman–Crippen MR) is 48.0 cm³/mol. The fourth-order valence-electron chi connectivity index (χ4n) is 0.948. The molecule has 1 aromatic rings. The molecule has 4 nitrogen and oxygen atoms in total. The van der Waals surface area contributed by atoms with Crippen LogP contribution in [0.5, 0.6) is 0 Å². The summed E-state index contributed by atoms with van der Waals surface area (Å²) in [5.41, 5.74) is 0. The minimum Gasteiger partial charge on any atom is -0.358 e. The van der Waals surface area contributed by atoms with Gasteiger partial charge in [-0.1, -0.05) is 13.3 Å². The standard InChI is InChI=1S/C8H14N4/c1-3-4-7-12(2)8-5-6-9-11-10-8/h5-6H,3-4,7H2,1-2H3. The molecule has 0 saturated heterocycles. The van der Waals surface area contributed by atoms with Gasteiger partial charge in [0.1, 0.15) is 0 Å². The van der Waals surface area contributed by atoms with Crippen LogP contribution < -0.4 is 4.90 Å². The van der Waals surface area contributed by atoms with Crippen LogP contribution in [0.2, 0.25) is 0 Å². The average Bonchev–Trinajstić information content (AvgIpc) is 2.15. The molecule has 0 spiro atoms. The maximum atomic E-state index is 3.90. The van der Waals surface area contributed by atoms with Crippen LogP contribution in [0.15, 0.2) is 12.3 Å². The second kappa shape index (κ2) is 4.64. The fourth-order valence-corrected chi connectivity index (χ4v) is 0.948. The van der Waals surface area contributed by atoms with E-state index in [1.807, 2.05) is 13.1 Å². The zero-order valence-electron chi connectivity index (χ0n) is 7.56. The molecule has 0 radical (unpaired) electrons. The summed E-state index contributed by atoms with van der Waals surface area (Å²) in [5, 5.41) is 11.1. The first-order chi connectivity index (χ1) is 5.84. The minimum atomic E-state index is 0.887. The Morgan fingerprint density at radius 3 is 2.92 bits per heavy atom. The van der Waals surface area contributed by atoms with E-state index in [4.69, 9.17) is 0 Å². The zero-order valence-corrected chi connectivity index (χ0v) is 7.56. The third-order valence-corrected chi connectivity index (χ3v) is 1.73. The molecule has 0 bridgehead atoms. The number of unbranched alkanes of at least 4 members (excludes halogenated alkanes) is 1. The van der Waals surface area contributed by atoms with Crippen LogP contribution in [0.1, 0.15) is 19.8 Å². The van der Waals surface area contributed by atoms with Gasteiger partial charge in [0.25, 0.3) is 0 Å². The number of nitrogens with zero attached hydrogens (tertiary/aromatic N) is 4. The molecule has 0 aliphatic heterocycles. The molecule has 66 valence electrons. The van der Waals surface area contributed by atoms with Crippen molar-refractivity contribution in [2.45, 2.75) is 19.8 Å². The Morgan fingerprint density at radius 1 is 1.50 bits per heavy atom. The summed E-state index contributed by atoms with van der Waals surface area (Å²) in [4.78, 5) is 2.08. The van der Waals surface area contributed by atoms with Crippen LogP contribution in [0.4, 0.5) is 5.82 Å². The van der Waals surface area contributed by atoms with E-state index < -0.39 is 0 Å². The maximum Gasteiger partial charge on any atom is 0.154 e. The predicted octanol–water partition coefficient (Wildman–Crippen LogP) is 1.11. The molecule has 0 fully saturated rings. The Bertz CT molecular complexity index is 212. The van der Waals surface area contributed by atoms with Crippen molar-refractivity contribution in [3.05, 3.63) is 12.3 Å². The first-order valence-corrected chi connectivity index (χ1v) is 4.20. The summed E-state index contributed by atoms with van der Waals surface area (Å²) >= 11 is 0. The molecule has 0 aliphatic carbocycles. The summed E-state index contributed by atoms with van der Waals surface area (Å²) in [7, 11) is 2.01. The van der Waals surface area contributed by atoms with Crippen molar-refractivity contribution >= 4 is 5.82 Å². The number of hydrogen-bond acceptors (Lipinski definition) is 4. The van der Waals surface area contributed by atoms with Crippen LogP contribution >= 0.6 is 0 Å². The van der Waals surface area contributed by atoms with Crippen LogP contribution in [-0.2, 0) is 0 Å². The number of aromatic nitrogens is 3. The second-order valence-corrected chi connectivity index (χ2v) is 2.75. The van der Waals surface area contributed by atoms with E-state index in [-0.39, 0.29) is 0 Å². The maximum absolute atomic E-state index is 3.90. The Labute approximate surface area is 72.6 Å². The molecule has 4 heteroatoms. The van der Waals surface area contributed by atoms with Gasteiger partial charge in [-0.15, -0.1) is 10.2 Å². The Balaban J connectivity index is 2.48. The zero-order chi connectivity index (χ0) is 8.81. The van der Waals surface area contributed by atoms with Gasteiger partial charge in [-0.3, -0.25) is 0 Å². The average molecular weight is 166 g/mol. The van der Waals surface area contributed by atoms with E-state index in [0.29, 0.717) is 0 Å². The first kappa shape index (κ1) is 8.90. The normalized spacial score (nSPS) is 9.83. The minimum absolute atomic E-state index is 0.887. The number of hydrogen-bond donors (Lipinski definition) is 0. The highest BCUT2D eigenvalue weighted by Gasteiger charge is 1.99. The highest BCUT2D eigenvalue weighted by Crippen LogP contribution is 2.04. The van der Waals surface area contributed by atoms with E-state index in [2.05, 4.69) is 27.2 Å². The molecule has 0 aliphatic rings. The van der Waals surface area contributed by atoms with Crippen molar-refractivity contribution in [3.63, 3.8) is 0 Å². The van der Waals surface area contributed by atoms with Crippen molar-refractivity contribution < 1.29 is 0 Å². The van der Waals surface area contributed by atoms with Crippen molar-refractivity contribution in [2.75, 3.05) is 18.5 Å². The molecule has 1 rings (SSSR count). The third kappa shape index (κ3) is 2.45. The van der Waals surface area contributed by atoms with Crippen LogP contribution in [0, 0.1) is 0 Å².